The van der Waals surface area contributed by atoms with Crippen molar-refractivity contribution in [3.8, 4) is 0 Å². The third kappa shape index (κ3) is 3.91. The summed E-state index contributed by atoms with van der Waals surface area (Å²) in [5, 5.41) is 10.6. The molecular formula is C12H10BrNO3S3. The summed E-state index contributed by atoms with van der Waals surface area (Å²) in [5.74, 6) is -1.01. The lowest BCUT2D eigenvalue weighted by Gasteiger charge is -2.13. The molecule has 0 aliphatic carbocycles. The molecule has 1 aliphatic heterocycles. The van der Waals surface area contributed by atoms with Crippen LogP contribution in [0.5, 0.6) is 0 Å². The molecule has 1 aromatic heterocycles. The van der Waals surface area contributed by atoms with E-state index in [1.165, 1.54) is 28.0 Å². The molecule has 0 radical (unpaired) electrons. The minimum Gasteiger partial charge on any atom is -0.481 e. The van der Waals surface area contributed by atoms with Crippen LogP contribution in [0, 0.1) is 0 Å². The van der Waals surface area contributed by atoms with Crippen molar-refractivity contribution in [1.82, 2.24) is 4.90 Å². The first-order valence-electron chi connectivity index (χ1n) is 5.68. The minimum absolute atomic E-state index is 0.0357. The second kappa shape index (κ2) is 6.84. The number of hydrogen-bond donors (Lipinski definition) is 1. The smallest absolute Gasteiger partial charge is 0.303 e. The van der Waals surface area contributed by atoms with Crippen molar-refractivity contribution in [2.45, 2.75) is 12.8 Å². The molecule has 4 nitrogen and oxygen atoms in total. The van der Waals surface area contributed by atoms with Crippen LogP contribution in [0.3, 0.4) is 0 Å². The van der Waals surface area contributed by atoms with Gasteiger partial charge in [-0.1, -0.05) is 24.0 Å². The number of carboxylic acid groups (broad SMARTS) is 1. The molecular weight excluding hydrogens is 382 g/mol. The first-order chi connectivity index (χ1) is 9.47. The fourth-order valence-electron chi connectivity index (χ4n) is 1.61. The molecule has 0 aromatic carbocycles. The largest absolute Gasteiger partial charge is 0.481 e. The summed E-state index contributed by atoms with van der Waals surface area (Å²) < 4.78 is 1.47. The van der Waals surface area contributed by atoms with Gasteiger partial charge in [-0.3, -0.25) is 14.5 Å². The van der Waals surface area contributed by atoms with Gasteiger partial charge in [-0.05, 0) is 34.5 Å². The molecule has 2 rings (SSSR count). The Morgan fingerprint density at radius 3 is 2.90 bits per heavy atom. The zero-order valence-electron chi connectivity index (χ0n) is 10.2. The molecule has 1 amide bonds. The molecule has 0 spiro atoms. The van der Waals surface area contributed by atoms with Crippen molar-refractivity contribution in [2.24, 2.45) is 0 Å². The third-order valence-corrected chi connectivity index (χ3v) is 5.53. The number of carboxylic acids is 1. The molecule has 1 saturated heterocycles. The van der Waals surface area contributed by atoms with Gasteiger partial charge in [0, 0.05) is 27.7 Å². The molecule has 0 unspecified atom stereocenters. The number of hydrogen-bond acceptors (Lipinski definition) is 5. The van der Waals surface area contributed by atoms with E-state index in [2.05, 4.69) is 15.9 Å². The van der Waals surface area contributed by atoms with Gasteiger partial charge >= 0.3 is 5.97 Å². The van der Waals surface area contributed by atoms with Crippen LogP contribution in [0.25, 0.3) is 6.08 Å². The van der Waals surface area contributed by atoms with Crippen molar-refractivity contribution in [3.05, 3.63) is 25.7 Å². The van der Waals surface area contributed by atoms with Crippen LogP contribution in [0.2, 0.25) is 0 Å². The number of thioether (sulfide) groups is 1. The average molecular weight is 392 g/mol. The molecule has 1 aliphatic rings. The van der Waals surface area contributed by atoms with Gasteiger partial charge in [0.2, 0.25) is 0 Å². The second-order valence-electron chi connectivity index (χ2n) is 4.00. The number of rotatable bonds is 5. The quantitative estimate of drug-likeness (QED) is 0.613. The van der Waals surface area contributed by atoms with Gasteiger partial charge in [-0.25, -0.2) is 0 Å². The number of amides is 1. The van der Waals surface area contributed by atoms with Gasteiger partial charge in [0.25, 0.3) is 5.91 Å². The maximum atomic E-state index is 12.2. The maximum absolute atomic E-state index is 12.2. The third-order valence-electron chi connectivity index (χ3n) is 2.51. The van der Waals surface area contributed by atoms with Crippen LogP contribution in [-0.4, -0.2) is 32.7 Å². The van der Waals surface area contributed by atoms with Gasteiger partial charge < -0.3 is 5.11 Å². The van der Waals surface area contributed by atoms with E-state index in [1.807, 2.05) is 17.5 Å². The first kappa shape index (κ1) is 15.7. The number of aliphatic carboxylic acids is 1. The van der Waals surface area contributed by atoms with Crippen LogP contribution in [-0.2, 0) is 9.59 Å². The number of halogens is 1. The maximum Gasteiger partial charge on any atom is 0.303 e. The Morgan fingerprint density at radius 1 is 1.55 bits per heavy atom. The number of nitrogens with zero attached hydrogens (tertiary/aromatic N) is 1. The standard InChI is InChI=1S/C12H10BrNO3S3/c13-7-4-8(19-6-7)5-9-11(17)14(12(18)20-9)3-1-2-10(15)16/h4-6H,1-3H2,(H,15,16)/b9-5+. The molecule has 0 saturated carbocycles. The Hall–Kier alpha value is -0.700. The van der Waals surface area contributed by atoms with E-state index in [0.29, 0.717) is 22.2 Å². The molecule has 1 fully saturated rings. The van der Waals surface area contributed by atoms with E-state index in [1.54, 1.807) is 0 Å². The summed E-state index contributed by atoms with van der Waals surface area (Å²) in [6.45, 7) is 0.350. The summed E-state index contributed by atoms with van der Waals surface area (Å²) in [6.07, 6.45) is 2.25. The minimum atomic E-state index is -0.866. The lowest BCUT2D eigenvalue weighted by atomic mass is 10.3. The SMILES string of the molecule is O=C(O)CCCN1C(=O)/C(=C\c2cc(Br)cs2)SC1=S. The van der Waals surface area contributed by atoms with Crippen LogP contribution >= 0.6 is 51.2 Å². The Morgan fingerprint density at radius 2 is 2.30 bits per heavy atom. The Bertz CT molecular complexity index is 597. The Kier molecular flexibility index (Phi) is 5.36. The van der Waals surface area contributed by atoms with Gasteiger partial charge in [0.05, 0.1) is 4.91 Å². The molecule has 106 valence electrons. The van der Waals surface area contributed by atoms with Gasteiger partial charge in [0.1, 0.15) is 4.32 Å². The van der Waals surface area contributed by atoms with Gasteiger partial charge in [-0.2, -0.15) is 0 Å². The molecule has 1 aromatic rings. The van der Waals surface area contributed by atoms with Crippen LogP contribution in [0.15, 0.2) is 20.8 Å². The molecule has 0 bridgehead atoms. The molecule has 2 heterocycles. The highest BCUT2D eigenvalue weighted by atomic mass is 79.9. The van der Waals surface area contributed by atoms with Crippen LogP contribution in [0.1, 0.15) is 17.7 Å². The van der Waals surface area contributed by atoms with Crippen LogP contribution in [0.4, 0.5) is 0 Å². The predicted molar refractivity (Wildman–Crippen MR) is 88.8 cm³/mol. The fraction of sp³-hybridized carbons (Fsp3) is 0.250. The summed E-state index contributed by atoms with van der Waals surface area (Å²) in [6, 6.07) is 1.93. The van der Waals surface area contributed by atoms with E-state index in [4.69, 9.17) is 17.3 Å². The highest BCUT2D eigenvalue weighted by Crippen LogP contribution is 2.34. The number of carbonyl (C=O) groups excluding carboxylic acids is 1. The number of thiocarbonyl (C=S) groups is 1. The van der Waals surface area contributed by atoms with Crippen molar-refractivity contribution >= 4 is 73.5 Å². The van der Waals surface area contributed by atoms with Crippen LogP contribution < -0.4 is 0 Å². The van der Waals surface area contributed by atoms with E-state index in [-0.39, 0.29) is 12.3 Å². The lowest BCUT2D eigenvalue weighted by molar-refractivity contribution is -0.137. The monoisotopic (exact) mass is 391 g/mol. The zero-order chi connectivity index (χ0) is 14.7. The first-order valence-corrected chi connectivity index (χ1v) is 8.58. The van der Waals surface area contributed by atoms with Gasteiger partial charge in [0.15, 0.2) is 0 Å². The highest BCUT2D eigenvalue weighted by Gasteiger charge is 2.31. The van der Waals surface area contributed by atoms with Crippen molar-refractivity contribution in [1.29, 1.82) is 0 Å². The summed E-state index contributed by atoms with van der Waals surface area (Å²) >= 11 is 11.3. The van der Waals surface area contributed by atoms with E-state index in [0.717, 1.165) is 9.35 Å². The summed E-state index contributed by atoms with van der Waals surface area (Å²) in [5.41, 5.74) is 0. The Balaban J connectivity index is 2.04. The summed E-state index contributed by atoms with van der Waals surface area (Å²) in [7, 11) is 0. The predicted octanol–water partition coefficient (Wildman–Crippen LogP) is 3.58. The molecule has 0 atom stereocenters. The second-order valence-corrected chi connectivity index (χ2v) is 7.53. The average Bonchev–Trinajstić information content (AvgIpc) is 2.88. The Labute approximate surface area is 138 Å². The lowest BCUT2D eigenvalue weighted by Crippen LogP contribution is -2.29. The van der Waals surface area contributed by atoms with E-state index >= 15 is 0 Å². The van der Waals surface area contributed by atoms with E-state index < -0.39 is 5.97 Å². The fourth-order valence-corrected chi connectivity index (χ4v) is 4.36. The molecule has 20 heavy (non-hydrogen) atoms. The topological polar surface area (TPSA) is 57.6 Å². The highest BCUT2D eigenvalue weighted by molar-refractivity contribution is 9.10. The van der Waals surface area contributed by atoms with E-state index in [9.17, 15) is 9.59 Å². The zero-order valence-corrected chi connectivity index (χ0v) is 14.2. The molecule has 8 heteroatoms. The van der Waals surface area contributed by atoms with Crippen molar-refractivity contribution in [3.63, 3.8) is 0 Å². The molecule has 1 N–H and O–H groups in total. The normalized spacial score (nSPS) is 17.2. The van der Waals surface area contributed by atoms with Crippen molar-refractivity contribution < 1.29 is 14.7 Å². The number of carbonyl (C=O) groups is 2. The van der Waals surface area contributed by atoms with Crippen molar-refractivity contribution in [2.75, 3.05) is 6.54 Å². The summed E-state index contributed by atoms with van der Waals surface area (Å²) in [4.78, 5) is 25.7. The van der Waals surface area contributed by atoms with Gasteiger partial charge in [-0.15, -0.1) is 11.3 Å². The number of thiophene rings is 1.